The molecule has 0 heteroatoms. The Morgan fingerprint density at radius 2 is 2.40 bits per heavy atom. The van der Waals surface area contributed by atoms with Crippen LogP contribution in [-0.2, 0) is 0 Å². The Bertz CT molecular complexity index is 181. The molecule has 54 valence electrons. The minimum absolute atomic E-state index is 0.490. The Balaban J connectivity index is 2.66. The summed E-state index contributed by atoms with van der Waals surface area (Å²) in [6, 6.07) is 0. The van der Waals surface area contributed by atoms with Gasteiger partial charge in [0.2, 0.25) is 0 Å². The zero-order valence-corrected chi connectivity index (χ0v) is 6.72. The quantitative estimate of drug-likeness (QED) is 0.353. The molecular formula is C10H14. The fourth-order valence-electron chi connectivity index (χ4n) is 1.53. The van der Waals surface area contributed by atoms with Gasteiger partial charge in [0.1, 0.15) is 0 Å². The van der Waals surface area contributed by atoms with Crippen molar-refractivity contribution in [1.29, 1.82) is 0 Å². The van der Waals surface area contributed by atoms with Crippen LogP contribution >= 0.6 is 0 Å². The highest BCUT2D eigenvalue weighted by Gasteiger charge is 2.16. The third-order valence-electron chi connectivity index (χ3n) is 2.25. The molecule has 0 amide bonds. The summed E-state index contributed by atoms with van der Waals surface area (Å²) in [5.74, 6) is 3.92. The molecule has 0 aromatic carbocycles. The zero-order chi connectivity index (χ0) is 7.56. The van der Waals surface area contributed by atoms with E-state index in [0.29, 0.717) is 11.8 Å². The molecule has 10 heavy (non-hydrogen) atoms. The van der Waals surface area contributed by atoms with E-state index in [2.05, 4.69) is 25.8 Å². The maximum absolute atomic E-state index is 5.36. The van der Waals surface area contributed by atoms with Gasteiger partial charge >= 0.3 is 0 Å². The average Bonchev–Trinajstić information content (AvgIpc) is 1.88. The lowest BCUT2D eigenvalue weighted by molar-refractivity contribution is 0.464. The smallest absolute Gasteiger partial charge is 0.0263 e. The van der Waals surface area contributed by atoms with E-state index < -0.39 is 0 Å². The molecule has 0 saturated carbocycles. The lowest BCUT2D eigenvalue weighted by atomic mass is 9.83. The van der Waals surface area contributed by atoms with Crippen molar-refractivity contribution < 1.29 is 0 Å². The zero-order valence-electron chi connectivity index (χ0n) is 6.72. The van der Waals surface area contributed by atoms with Gasteiger partial charge in [-0.3, -0.25) is 0 Å². The summed E-state index contributed by atoms with van der Waals surface area (Å²) in [6.07, 6.45) is 10.0. The largest absolute Gasteiger partial charge is 0.120 e. The monoisotopic (exact) mass is 134 g/mol. The summed E-state index contributed by atoms with van der Waals surface area (Å²) < 4.78 is 0. The molecule has 0 bridgehead atoms. The van der Waals surface area contributed by atoms with E-state index in [1.807, 2.05) is 0 Å². The van der Waals surface area contributed by atoms with Crippen LogP contribution in [-0.4, -0.2) is 0 Å². The van der Waals surface area contributed by atoms with Gasteiger partial charge in [-0.25, -0.2) is 0 Å². The first-order chi connectivity index (χ1) is 4.74. The minimum Gasteiger partial charge on any atom is -0.120 e. The first kappa shape index (κ1) is 7.41. The van der Waals surface area contributed by atoms with Gasteiger partial charge in [-0.15, -0.1) is 12.3 Å². The Morgan fingerprint density at radius 1 is 1.70 bits per heavy atom. The van der Waals surface area contributed by atoms with Crippen molar-refractivity contribution in [3.05, 3.63) is 11.6 Å². The van der Waals surface area contributed by atoms with Crippen LogP contribution in [0.25, 0.3) is 0 Å². The number of terminal acetylenes is 1. The van der Waals surface area contributed by atoms with E-state index in [9.17, 15) is 0 Å². The fourth-order valence-corrected chi connectivity index (χ4v) is 1.53. The van der Waals surface area contributed by atoms with Crippen LogP contribution in [0.2, 0.25) is 0 Å². The standard InChI is InChI=1S/C10H14/c1-4-10-6-5-8(2)7-9(10)3/h1,7,9-10H,5-6H2,2-3H3. The van der Waals surface area contributed by atoms with Crippen molar-refractivity contribution >= 4 is 0 Å². The normalized spacial score (nSPS) is 32.7. The van der Waals surface area contributed by atoms with Gasteiger partial charge in [0.15, 0.2) is 0 Å². The minimum atomic E-state index is 0.490. The number of hydrogen-bond donors (Lipinski definition) is 0. The predicted molar refractivity (Wildman–Crippen MR) is 44.5 cm³/mol. The van der Waals surface area contributed by atoms with Crippen LogP contribution in [0, 0.1) is 24.2 Å². The molecule has 1 aliphatic carbocycles. The highest BCUT2D eigenvalue weighted by atomic mass is 14.2. The maximum Gasteiger partial charge on any atom is 0.0263 e. The van der Waals surface area contributed by atoms with Crippen LogP contribution < -0.4 is 0 Å². The molecule has 0 aromatic rings. The summed E-state index contributed by atoms with van der Waals surface area (Å²) in [5.41, 5.74) is 1.50. The summed E-state index contributed by atoms with van der Waals surface area (Å²) in [7, 11) is 0. The van der Waals surface area contributed by atoms with Crippen molar-refractivity contribution in [3.63, 3.8) is 0 Å². The molecule has 0 aliphatic heterocycles. The molecule has 1 rings (SSSR count). The maximum atomic E-state index is 5.36. The second-order valence-corrected chi connectivity index (χ2v) is 3.18. The van der Waals surface area contributed by atoms with E-state index in [4.69, 9.17) is 6.42 Å². The second kappa shape index (κ2) is 2.92. The Morgan fingerprint density at radius 3 is 2.90 bits per heavy atom. The van der Waals surface area contributed by atoms with Crippen molar-refractivity contribution in [1.82, 2.24) is 0 Å². The molecule has 0 saturated heterocycles. The highest BCUT2D eigenvalue weighted by Crippen LogP contribution is 2.27. The first-order valence-corrected chi connectivity index (χ1v) is 3.87. The number of allylic oxidation sites excluding steroid dienone is 2. The van der Waals surface area contributed by atoms with Crippen LogP contribution in [0.1, 0.15) is 26.7 Å². The van der Waals surface area contributed by atoms with E-state index in [0.717, 1.165) is 0 Å². The lowest BCUT2D eigenvalue weighted by Gasteiger charge is -2.21. The molecule has 0 nitrogen and oxygen atoms in total. The molecule has 0 radical (unpaired) electrons. The van der Waals surface area contributed by atoms with E-state index in [1.54, 1.807) is 0 Å². The lowest BCUT2D eigenvalue weighted by Crippen LogP contribution is -2.12. The Labute approximate surface area is 63.3 Å². The molecule has 0 heterocycles. The summed E-state index contributed by atoms with van der Waals surface area (Å²) in [6.45, 7) is 4.39. The molecule has 2 unspecified atom stereocenters. The van der Waals surface area contributed by atoms with Gasteiger partial charge in [0.05, 0.1) is 0 Å². The molecule has 0 fully saturated rings. The molecule has 0 N–H and O–H groups in total. The molecule has 2 atom stereocenters. The van der Waals surface area contributed by atoms with Gasteiger partial charge in [0, 0.05) is 5.92 Å². The van der Waals surface area contributed by atoms with Gasteiger partial charge in [-0.1, -0.05) is 18.6 Å². The third kappa shape index (κ3) is 1.42. The van der Waals surface area contributed by atoms with Gasteiger partial charge < -0.3 is 0 Å². The molecule has 0 spiro atoms. The number of rotatable bonds is 0. The predicted octanol–water partition coefficient (Wildman–Crippen LogP) is 2.61. The van der Waals surface area contributed by atoms with Crippen LogP contribution in [0.5, 0.6) is 0 Å². The number of hydrogen-bond acceptors (Lipinski definition) is 0. The molecule has 0 aromatic heterocycles. The summed E-state index contributed by atoms with van der Waals surface area (Å²) in [4.78, 5) is 0. The summed E-state index contributed by atoms with van der Waals surface area (Å²) in [5, 5.41) is 0. The van der Waals surface area contributed by atoms with Crippen molar-refractivity contribution in [2.45, 2.75) is 26.7 Å². The van der Waals surface area contributed by atoms with Crippen molar-refractivity contribution in [3.8, 4) is 12.3 Å². The first-order valence-electron chi connectivity index (χ1n) is 3.87. The van der Waals surface area contributed by atoms with E-state index in [1.165, 1.54) is 18.4 Å². The van der Waals surface area contributed by atoms with Crippen LogP contribution in [0.4, 0.5) is 0 Å². The summed E-state index contributed by atoms with van der Waals surface area (Å²) >= 11 is 0. The highest BCUT2D eigenvalue weighted by molar-refractivity contribution is 5.12. The Kier molecular flexibility index (Phi) is 2.17. The van der Waals surface area contributed by atoms with Crippen molar-refractivity contribution in [2.24, 2.45) is 11.8 Å². The van der Waals surface area contributed by atoms with E-state index in [-0.39, 0.29) is 0 Å². The SMILES string of the molecule is C#CC1CCC(C)=CC1C. The van der Waals surface area contributed by atoms with Crippen LogP contribution in [0.15, 0.2) is 11.6 Å². The van der Waals surface area contributed by atoms with Gasteiger partial charge in [-0.2, -0.15) is 0 Å². The van der Waals surface area contributed by atoms with Crippen LogP contribution in [0.3, 0.4) is 0 Å². The molecule has 1 aliphatic rings. The molecular weight excluding hydrogens is 120 g/mol. The fraction of sp³-hybridized carbons (Fsp3) is 0.600. The van der Waals surface area contributed by atoms with Gasteiger partial charge in [-0.05, 0) is 25.7 Å². The van der Waals surface area contributed by atoms with Crippen molar-refractivity contribution in [2.75, 3.05) is 0 Å². The van der Waals surface area contributed by atoms with E-state index >= 15 is 0 Å². The average molecular weight is 134 g/mol. The second-order valence-electron chi connectivity index (χ2n) is 3.18. The topological polar surface area (TPSA) is 0 Å². The Hall–Kier alpha value is -0.700. The third-order valence-corrected chi connectivity index (χ3v) is 2.25. The van der Waals surface area contributed by atoms with Gasteiger partial charge in [0.25, 0.3) is 0 Å².